The predicted octanol–water partition coefficient (Wildman–Crippen LogP) is 0.467. The van der Waals surface area contributed by atoms with Crippen molar-refractivity contribution in [2.45, 2.75) is 37.6 Å². The number of aliphatic carboxylic acids is 2. The average molecular weight is 561 g/mol. The summed E-state index contributed by atoms with van der Waals surface area (Å²) in [4.78, 5) is 74.9. The fourth-order valence-corrected chi connectivity index (χ4v) is 4.36. The number of halogens is 3. The number of amides is 1. The molecule has 0 saturated carbocycles. The van der Waals surface area contributed by atoms with Crippen LogP contribution in [-0.2, 0) is 39.4 Å². The van der Waals surface area contributed by atoms with E-state index in [9.17, 15) is 32.3 Å². The average Bonchev–Trinajstić information content (AvgIpc) is 3.54. The van der Waals surface area contributed by atoms with Gasteiger partial charge in [0.25, 0.3) is 11.5 Å². The van der Waals surface area contributed by atoms with Crippen LogP contribution in [0.4, 0.5) is 13.2 Å². The molecule has 13 nitrogen and oxygen atoms in total. The number of benzene rings is 1. The smallest absolute Gasteiger partial charge is 0.479 e. The number of nitrogens with one attached hydrogen (secondary N) is 1. The third-order valence-corrected chi connectivity index (χ3v) is 6.23. The van der Waals surface area contributed by atoms with Gasteiger partial charge in [-0.1, -0.05) is 18.2 Å². The molecule has 2 saturated heterocycles. The summed E-state index contributed by atoms with van der Waals surface area (Å²) in [5.41, 5.74) is -1.06. The molecule has 0 aromatic heterocycles. The number of carboxylic acids is 2. The number of hydroxylamine groups is 2. The Balaban J connectivity index is 0.000000532. The van der Waals surface area contributed by atoms with Crippen molar-refractivity contribution in [2.24, 2.45) is 0 Å². The lowest BCUT2D eigenvalue weighted by atomic mass is 10.0. The van der Waals surface area contributed by atoms with E-state index in [0.29, 0.717) is 18.2 Å². The lowest BCUT2D eigenvalue weighted by molar-refractivity contribution is -0.338. The Hall–Kier alpha value is -3.60. The van der Waals surface area contributed by atoms with E-state index in [1.165, 1.54) is 13.0 Å². The molecule has 0 radical (unpaired) electrons. The number of Topliss-reactive ketones (excluding diaryl/α,β-unsaturated/α-hetero) is 1. The quantitative estimate of drug-likeness (QED) is 0.228. The minimum absolute atomic E-state index is 0.132. The minimum Gasteiger partial charge on any atom is -0.479 e. The molecule has 1 aromatic rings. The summed E-state index contributed by atoms with van der Waals surface area (Å²) in [5, 5.41) is 20.2. The molecule has 3 N–H and O–H groups in total. The van der Waals surface area contributed by atoms with E-state index in [1.807, 2.05) is 0 Å². The Morgan fingerprint density at radius 1 is 1.13 bits per heavy atom. The Kier molecular flexibility index (Phi) is 9.26. The lowest BCUT2D eigenvalue weighted by Crippen LogP contribution is -2.56. The summed E-state index contributed by atoms with van der Waals surface area (Å²) in [6, 6.07) is 4.97. The third-order valence-electron chi connectivity index (χ3n) is 6.23. The molecule has 39 heavy (non-hydrogen) atoms. The fourth-order valence-electron chi connectivity index (χ4n) is 4.36. The van der Waals surface area contributed by atoms with Crippen LogP contribution in [0.2, 0.25) is 0 Å². The lowest BCUT2D eigenvalue weighted by Gasteiger charge is -2.39. The van der Waals surface area contributed by atoms with Crippen LogP contribution in [0.15, 0.2) is 18.2 Å². The van der Waals surface area contributed by atoms with E-state index in [0.717, 1.165) is 31.0 Å². The van der Waals surface area contributed by atoms with Gasteiger partial charge in [-0.15, -0.1) is 0 Å². The highest BCUT2D eigenvalue weighted by atomic mass is 19.4. The number of alkyl halides is 3. The summed E-state index contributed by atoms with van der Waals surface area (Å²) in [7, 11) is 0. The van der Waals surface area contributed by atoms with Crippen LogP contribution in [0, 0.1) is 0 Å². The van der Waals surface area contributed by atoms with Gasteiger partial charge in [-0.25, -0.2) is 24.2 Å². The first-order valence-corrected chi connectivity index (χ1v) is 11.7. The normalized spacial score (nSPS) is 21.3. The van der Waals surface area contributed by atoms with Gasteiger partial charge in [0, 0.05) is 29.3 Å². The molecule has 0 bridgehead atoms. The molecule has 2 aliphatic heterocycles. The minimum atomic E-state index is -5.08. The van der Waals surface area contributed by atoms with Crippen LogP contribution >= 0.6 is 0 Å². The molecule has 2 heterocycles. The van der Waals surface area contributed by atoms with Gasteiger partial charge in [-0.3, -0.25) is 14.5 Å². The topological polar surface area (TPSA) is 172 Å². The van der Waals surface area contributed by atoms with Gasteiger partial charge in [0.1, 0.15) is 0 Å². The predicted molar refractivity (Wildman–Crippen MR) is 121 cm³/mol. The van der Waals surface area contributed by atoms with Gasteiger partial charge in [-0.05, 0) is 32.9 Å². The fraction of sp³-hybridized carbons (Fsp3) is 0.522. The molecule has 16 heteroatoms. The molecule has 1 unspecified atom stereocenters. The number of piperazine rings is 1. The number of hydrogen-bond acceptors (Lipinski definition) is 10. The molecule has 214 valence electrons. The summed E-state index contributed by atoms with van der Waals surface area (Å²) < 4.78 is 31.7. The van der Waals surface area contributed by atoms with Crippen LogP contribution in [0.1, 0.15) is 41.3 Å². The maximum absolute atomic E-state index is 13.1. The first-order valence-electron chi connectivity index (χ1n) is 11.7. The summed E-state index contributed by atoms with van der Waals surface area (Å²) >= 11 is 0. The molecule has 3 aliphatic rings. The van der Waals surface area contributed by atoms with Crippen LogP contribution < -0.4 is 5.32 Å². The molecule has 4 rings (SSSR count). The SMILES string of the molecule is CC(=O)c1cccc2c1C2(OOCC(=O)O)C(=O)ON1CCN(C2CCNCC2)CC1=O.O=C(O)C(F)(F)F. The molecule has 2 fully saturated rings. The second-order valence-corrected chi connectivity index (χ2v) is 8.83. The number of hydrogen-bond donors (Lipinski definition) is 3. The highest BCUT2D eigenvalue weighted by Crippen LogP contribution is 2.54. The summed E-state index contributed by atoms with van der Waals surface area (Å²) in [6.07, 6.45) is -3.18. The number of piperidine rings is 1. The first kappa shape index (κ1) is 29.9. The highest BCUT2D eigenvalue weighted by Gasteiger charge is 2.64. The van der Waals surface area contributed by atoms with Crippen molar-refractivity contribution in [3.8, 4) is 0 Å². The van der Waals surface area contributed by atoms with Crippen molar-refractivity contribution in [1.82, 2.24) is 15.3 Å². The highest BCUT2D eigenvalue weighted by molar-refractivity contribution is 6.05. The van der Waals surface area contributed by atoms with Crippen molar-refractivity contribution in [3.05, 3.63) is 34.9 Å². The van der Waals surface area contributed by atoms with E-state index >= 15 is 0 Å². The standard InChI is InChI=1S/C21H25N3O8.C2HF3O2/c1-13(25)15-3-2-4-16-19(15)21(16,32-30-12-18(27)28)20(29)31-24-10-9-23(11-17(24)26)14-5-7-22-8-6-14;3-2(4,5)1(6)7/h2-4,14,22H,5-12H2,1H3,(H,27,28);(H,6,7). The van der Waals surface area contributed by atoms with Crippen LogP contribution in [0.3, 0.4) is 0 Å². The summed E-state index contributed by atoms with van der Waals surface area (Å²) in [6.45, 7) is 3.21. The zero-order valence-electron chi connectivity index (χ0n) is 20.7. The van der Waals surface area contributed by atoms with Crippen LogP contribution in [0.25, 0.3) is 0 Å². The maximum Gasteiger partial charge on any atom is 0.490 e. The largest absolute Gasteiger partial charge is 0.490 e. The van der Waals surface area contributed by atoms with Crippen molar-refractivity contribution < 1.29 is 62.0 Å². The van der Waals surface area contributed by atoms with Gasteiger partial charge in [0.2, 0.25) is 0 Å². The van der Waals surface area contributed by atoms with E-state index < -0.39 is 36.3 Å². The third kappa shape index (κ3) is 6.89. The maximum atomic E-state index is 13.1. The number of carbonyl (C=O) groups excluding carboxylic acids is 3. The van der Waals surface area contributed by atoms with Gasteiger partial charge in [0.15, 0.2) is 12.4 Å². The van der Waals surface area contributed by atoms with E-state index in [2.05, 4.69) is 10.2 Å². The number of carboxylic acid groups (broad SMARTS) is 2. The Morgan fingerprint density at radius 3 is 2.31 bits per heavy atom. The van der Waals surface area contributed by atoms with Gasteiger partial charge >= 0.3 is 24.1 Å². The molecule has 1 aromatic carbocycles. The Labute approximate surface area is 219 Å². The van der Waals surface area contributed by atoms with Crippen molar-refractivity contribution in [3.63, 3.8) is 0 Å². The monoisotopic (exact) mass is 561 g/mol. The number of ketones is 1. The van der Waals surface area contributed by atoms with Crippen molar-refractivity contribution >= 4 is 29.6 Å². The number of rotatable bonds is 8. The van der Waals surface area contributed by atoms with Crippen molar-refractivity contribution in [1.29, 1.82) is 0 Å². The first-order chi connectivity index (χ1) is 18.3. The molecular weight excluding hydrogens is 535 g/mol. The summed E-state index contributed by atoms with van der Waals surface area (Å²) in [5.74, 6) is -5.68. The number of nitrogens with zero attached hydrogens (tertiary/aromatic N) is 2. The van der Waals surface area contributed by atoms with Gasteiger partial charge in [0.05, 0.1) is 13.1 Å². The zero-order chi connectivity index (χ0) is 29.0. The van der Waals surface area contributed by atoms with E-state index in [-0.39, 0.29) is 35.9 Å². The second kappa shape index (κ2) is 12.1. The van der Waals surface area contributed by atoms with Gasteiger partial charge < -0.3 is 20.4 Å². The van der Waals surface area contributed by atoms with Crippen LogP contribution in [0.5, 0.6) is 0 Å². The van der Waals surface area contributed by atoms with Crippen LogP contribution in [-0.4, -0.2) is 101 Å². The zero-order valence-corrected chi connectivity index (χ0v) is 20.7. The molecule has 1 atom stereocenters. The van der Waals surface area contributed by atoms with Gasteiger partial charge in [-0.2, -0.15) is 18.2 Å². The molecular formula is C23H26F3N3O10. The van der Waals surface area contributed by atoms with E-state index in [1.54, 1.807) is 12.1 Å². The number of carbonyl (C=O) groups is 5. The Morgan fingerprint density at radius 2 is 1.77 bits per heavy atom. The second-order valence-electron chi connectivity index (χ2n) is 8.83. The Bertz CT molecular complexity index is 1140. The molecule has 0 spiro atoms. The molecule has 1 aliphatic carbocycles. The number of fused-ring (bicyclic) bond motifs is 1. The van der Waals surface area contributed by atoms with Crippen molar-refractivity contribution in [2.75, 3.05) is 39.3 Å². The molecule has 1 amide bonds. The van der Waals surface area contributed by atoms with E-state index in [4.69, 9.17) is 29.6 Å².